The van der Waals surface area contributed by atoms with Crippen LogP contribution >= 0.6 is 15.9 Å². The zero-order chi connectivity index (χ0) is 13.1. The summed E-state index contributed by atoms with van der Waals surface area (Å²) >= 11 is 3.38. The molecule has 2 heterocycles. The number of aromatic nitrogens is 1. The van der Waals surface area contributed by atoms with Crippen molar-refractivity contribution in [2.75, 3.05) is 25.1 Å². The van der Waals surface area contributed by atoms with E-state index in [4.69, 9.17) is 4.74 Å². The van der Waals surface area contributed by atoms with Gasteiger partial charge in [-0.15, -0.1) is 0 Å². The van der Waals surface area contributed by atoms with Crippen LogP contribution in [0.4, 0.5) is 5.82 Å². The van der Waals surface area contributed by atoms with E-state index >= 15 is 0 Å². The summed E-state index contributed by atoms with van der Waals surface area (Å²) in [6, 6.07) is 1.92. The van der Waals surface area contributed by atoms with Crippen LogP contribution in [-0.4, -0.2) is 36.4 Å². The molecule has 0 bridgehead atoms. The molecule has 100 valence electrons. The Morgan fingerprint density at radius 1 is 1.61 bits per heavy atom. The maximum absolute atomic E-state index is 9.43. The van der Waals surface area contributed by atoms with Gasteiger partial charge in [-0.1, -0.05) is 6.92 Å². The van der Waals surface area contributed by atoms with Gasteiger partial charge in [-0.25, -0.2) is 4.98 Å². The molecule has 2 unspecified atom stereocenters. The number of aliphatic hydroxyl groups excluding tert-OH is 1. The molecule has 0 amide bonds. The summed E-state index contributed by atoms with van der Waals surface area (Å²) in [6.07, 6.45) is 3.09. The summed E-state index contributed by atoms with van der Waals surface area (Å²) in [4.78, 5) is 6.63. The number of halogens is 1. The molecule has 1 aliphatic rings. The number of aliphatic hydroxyl groups is 1. The Balaban J connectivity index is 2.21. The summed E-state index contributed by atoms with van der Waals surface area (Å²) in [7, 11) is 1.76. The van der Waals surface area contributed by atoms with Gasteiger partial charge in [-0.2, -0.15) is 0 Å². The van der Waals surface area contributed by atoms with Crippen LogP contribution in [0.1, 0.15) is 18.9 Å². The minimum absolute atomic E-state index is 0.00543. The van der Waals surface area contributed by atoms with Crippen LogP contribution in [0.2, 0.25) is 0 Å². The predicted molar refractivity (Wildman–Crippen MR) is 74.7 cm³/mol. The van der Waals surface area contributed by atoms with E-state index in [1.54, 1.807) is 13.3 Å². The number of hydrogen-bond acceptors (Lipinski definition) is 4. The van der Waals surface area contributed by atoms with Gasteiger partial charge >= 0.3 is 0 Å². The summed E-state index contributed by atoms with van der Waals surface area (Å²) in [6.45, 7) is 4.01. The molecule has 1 N–H and O–H groups in total. The molecule has 1 aromatic rings. The molecule has 1 fully saturated rings. The van der Waals surface area contributed by atoms with Crippen molar-refractivity contribution in [3.63, 3.8) is 0 Å². The molecule has 2 atom stereocenters. The van der Waals surface area contributed by atoms with Gasteiger partial charge in [0.1, 0.15) is 5.82 Å². The van der Waals surface area contributed by atoms with Gasteiger partial charge in [0.05, 0.1) is 12.7 Å². The second-order valence-corrected chi connectivity index (χ2v) is 5.70. The Morgan fingerprint density at radius 2 is 2.39 bits per heavy atom. The first-order valence-corrected chi connectivity index (χ1v) is 6.98. The quantitative estimate of drug-likeness (QED) is 0.929. The van der Waals surface area contributed by atoms with E-state index in [9.17, 15) is 5.11 Å². The highest BCUT2D eigenvalue weighted by atomic mass is 79.9. The number of hydrogen-bond donors (Lipinski definition) is 1. The fourth-order valence-corrected chi connectivity index (χ4v) is 2.79. The van der Waals surface area contributed by atoms with E-state index in [0.717, 1.165) is 35.4 Å². The third-order valence-corrected chi connectivity index (χ3v) is 4.01. The zero-order valence-corrected chi connectivity index (χ0v) is 12.4. The first-order chi connectivity index (χ1) is 8.65. The van der Waals surface area contributed by atoms with Gasteiger partial charge < -0.3 is 14.7 Å². The lowest BCUT2D eigenvalue weighted by molar-refractivity contribution is 0.0495. The molecule has 2 rings (SSSR count). The second-order valence-electron chi connectivity index (χ2n) is 4.78. The molecule has 0 radical (unpaired) electrons. The summed E-state index contributed by atoms with van der Waals surface area (Å²) in [5.41, 5.74) is 0.855. The summed E-state index contributed by atoms with van der Waals surface area (Å²) in [5, 5.41) is 9.43. The van der Waals surface area contributed by atoms with E-state index in [2.05, 4.69) is 32.7 Å². The lowest BCUT2D eigenvalue weighted by Crippen LogP contribution is -2.44. The third kappa shape index (κ3) is 2.84. The highest BCUT2D eigenvalue weighted by Gasteiger charge is 2.27. The average Bonchev–Trinajstić information content (AvgIpc) is 2.39. The van der Waals surface area contributed by atoms with E-state index in [0.29, 0.717) is 5.92 Å². The number of rotatable bonds is 3. The molecule has 1 aliphatic heterocycles. The van der Waals surface area contributed by atoms with Crippen molar-refractivity contribution < 1.29 is 9.84 Å². The standard InChI is InChI=1S/C13H19BrN2O2/c1-9-3-4-16(7-12(9)18-2)13-10(8-17)5-11(14)6-15-13/h5-6,9,12,17H,3-4,7-8H2,1-2H3. The number of nitrogens with zero attached hydrogens (tertiary/aromatic N) is 2. The van der Waals surface area contributed by atoms with Gasteiger partial charge in [-0.3, -0.25) is 0 Å². The Labute approximate surface area is 116 Å². The number of pyridine rings is 1. The van der Waals surface area contributed by atoms with Gasteiger partial charge in [0.2, 0.25) is 0 Å². The summed E-state index contributed by atoms with van der Waals surface area (Å²) < 4.78 is 6.40. The molecule has 5 heteroatoms. The molecule has 1 saturated heterocycles. The van der Waals surface area contributed by atoms with Crippen molar-refractivity contribution in [3.05, 3.63) is 22.3 Å². The molecule has 0 aromatic carbocycles. The molecular formula is C13H19BrN2O2. The molecule has 0 spiro atoms. The molecule has 0 saturated carbocycles. The average molecular weight is 315 g/mol. The first kappa shape index (κ1) is 13.8. The van der Waals surface area contributed by atoms with Crippen molar-refractivity contribution in [1.29, 1.82) is 0 Å². The van der Waals surface area contributed by atoms with Gasteiger partial charge in [0, 0.05) is 36.4 Å². The topological polar surface area (TPSA) is 45.6 Å². The number of methoxy groups -OCH3 is 1. The van der Waals surface area contributed by atoms with E-state index in [1.165, 1.54) is 0 Å². The predicted octanol–water partition coefficient (Wildman–Crippen LogP) is 2.20. The van der Waals surface area contributed by atoms with Crippen LogP contribution < -0.4 is 4.90 Å². The monoisotopic (exact) mass is 314 g/mol. The third-order valence-electron chi connectivity index (χ3n) is 3.57. The van der Waals surface area contributed by atoms with Crippen LogP contribution in [-0.2, 0) is 11.3 Å². The van der Waals surface area contributed by atoms with Crippen LogP contribution in [0.5, 0.6) is 0 Å². The number of ether oxygens (including phenoxy) is 1. The normalized spacial score (nSPS) is 24.3. The van der Waals surface area contributed by atoms with Crippen LogP contribution in [0, 0.1) is 5.92 Å². The Hall–Kier alpha value is -0.650. The van der Waals surface area contributed by atoms with Crippen molar-refractivity contribution in [2.24, 2.45) is 5.92 Å². The molecule has 18 heavy (non-hydrogen) atoms. The minimum Gasteiger partial charge on any atom is -0.392 e. The highest BCUT2D eigenvalue weighted by Crippen LogP contribution is 2.27. The van der Waals surface area contributed by atoms with Crippen LogP contribution in [0.3, 0.4) is 0 Å². The molecule has 4 nitrogen and oxygen atoms in total. The highest BCUT2D eigenvalue weighted by molar-refractivity contribution is 9.10. The fourth-order valence-electron chi connectivity index (χ4n) is 2.41. The second kappa shape index (κ2) is 5.99. The zero-order valence-electron chi connectivity index (χ0n) is 10.8. The van der Waals surface area contributed by atoms with Crippen molar-refractivity contribution >= 4 is 21.7 Å². The molecule has 0 aliphatic carbocycles. The number of piperidine rings is 1. The van der Waals surface area contributed by atoms with Crippen molar-refractivity contribution in [2.45, 2.75) is 26.1 Å². The van der Waals surface area contributed by atoms with E-state index in [-0.39, 0.29) is 12.7 Å². The largest absolute Gasteiger partial charge is 0.392 e. The fraction of sp³-hybridized carbons (Fsp3) is 0.615. The molecular weight excluding hydrogens is 296 g/mol. The maximum atomic E-state index is 9.43. The minimum atomic E-state index is 0.00543. The Morgan fingerprint density at radius 3 is 3.06 bits per heavy atom. The van der Waals surface area contributed by atoms with E-state index < -0.39 is 0 Å². The summed E-state index contributed by atoms with van der Waals surface area (Å²) in [5.74, 6) is 1.44. The van der Waals surface area contributed by atoms with E-state index in [1.807, 2.05) is 6.07 Å². The van der Waals surface area contributed by atoms with Gasteiger partial charge in [-0.05, 0) is 34.3 Å². The maximum Gasteiger partial charge on any atom is 0.134 e. The Kier molecular flexibility index (Phi) is 4.59. The molecule has 1 aromatic heterocycles. The van der Waals surface area contributed by atoms with Gasteiger partial charge in [0.25, 0.3) is 0 Å². The van der Waals surface area contributed by atoms with Gasteiger partial charge in [0.15, 0.2) is 0 Å². The smallest absolute Gasteiger partial charge is 0.134 e. The van der Waals surface area contributed by atoms with Crippen LogP contribution in [0.15, 0.2) is 16.7 Å². The number of anilines is 1. The van der Waals surface area contributed by atoms with Crippen molar-refractivity contribution in [1.82, 2.24) is 4.98 Å². The van der Waals surface area contributed by atoms with Crippen LogP contribution in [0.25, 0.3) is 0 Å². The Bertz CT molecular complexity index is 414. The van der Waals surface area contributed by atoms with Crippen molar-refractivity contribution in [3.8, 4) is 0 Å². The lowest BCUT2D eigenvalue weighted by atomic mass is 9.95. The lowest BCUT2D eigenvalue weighted by Gasteiger charge is -2.37. The SMILES string of the molecule is COC1CN(c2ncc(Br)cc2CO)CCC1C. The first-order valence-electron chi connectivity index (χ1n) is 6.18.